The molecule has 0 radical (unpaired) electrons. The Bertz CT molecular complexity index is 1210. The molecule has 2 saturated heterocycles. The summed E-state index contributed by atoms with van der Waals surface area (Å²) in [6.45, 7) is 4.70. The first-order valence-electron chi connectivity index (χ1n) is 12.1. The van der Waals surface area contributed by atoms with Crippen molar-refractivity contribution in [2.75, 3.05) is 61.9 Å². The lowest BCUT2D eigenvalue weighted by Gasteiger charge is -2.32. The molecule has 1 amide bonds. The van der Waals surface area contributed by atoms with E-state index in [1.165, 1.54) is 11.1 Å². The summed E-state index contributed by atoms with van der Waals surface area (Å²) in [7, 11) is 3.50. The Morgan fingerprint density at radius 1 is 1.35 bits per heavy atom. The van der Waals surface area contributed by atoms with E-state index in [2.05, 4.69) is 21.4 Å². The number of aromatic nitrogens is 2. The summed E-state index contributed by atoms with van der Waals surface area (Å²) in [5, 5.41) is 33.5. The molecule has 0 bridgehead atoms. The van der Waals surface area contributed by atoms with Crippen molar-refractivity contribution in [2.24, 2.45) is 0 Å². The number of rotatable bonds is 8. The number of nitrogens with zero attached hydrogens (tertiary/aromatic N) is 7. The molecular formula is C25H32N8O4. The van der Waals surface area contributed by atoms with Crippen LogP contribution in [0.15, 0.2) is 24.4 Å². The van der Waals surface area contributed by atoms with Crippen molar-refractivity contribution in [3.8, 4) is 6.07 Å². The van der Waals surface area contributed by atoms with Crippen LogP contribution < -0.4 is 15.1 Å². The Labute approximate surface area is 215 Å². The number of piperazine rings is 1. The molecule has 2 fully saturated rings. The minimum Gasteiger partial charge on any atom is -0.388 e. The number of likely N-dealkylation sites (N-methyl/N-ethyl adjacent to an activating group) is 1. The van der Waals surface area contributed by atoms with Gasteiger partial charge in [0.05, 0.1) is 23.4 Å². The molecule has 0 aromatic carbocycles. The molecule has 2 aliphatic rings. The Balaban J connectivity index is 1.47. The van der Waals surface area contributed by atoms with E-state index in [4.69, 9.17) is 0 Å². The van der Waals surface area contributed by atoms with Gasteiger partial charge in [0.15, 0.2) is 6.29 Å². The summed E-state index contributed by atoms with van der Waals surface area (Å²) in [6.07, 6.45) is 1.41. The van der Waals surface area contributed by atoms with Crippen molar-refractivity contribution in [2.45, 2.75) is 31.8 Å². The zero-order valence-corrected chi connectivity index (χ0v) is 21.3. The molecule has 3 N–H and O–H groups in total. The van der Waals surface area contributed by atoms with Gasteiger partial charge < -0.3 is 30.2 Å². The van der Waals surface area contributed by atoms with Crippen molar-refractivity contribution in [1.29, 1.82) is 5.26 Å². The maximum absolute atomic E-state index is 12.3. The monoisotopic (exact) mass is 508 g/mol. The zero-order valence-electron chi connectivity index (χ0n) is 21.3. The second kappa shape index (κ2) is 10.7. The molecule has 2 atom stereocenters. The van der Waals surface area contributed by atoms with E-state index < -0.39 is 12.0 Å². The van der Waals surface area contributed by atoms with Gasteiger partial charge in [-0.1, -0.05) is 6.07 Å². The number of amides is 1. The number of carbonyl (C=O) groups is 2. The predicted octanol–water partition coefficient (Wildman–Crippen LogP) is 0.220. The van der Waals surface area contributed by atoms with Gasteiger partial charge in [0.1, 0.15) is 23.4 Å². The van der Waals surface area contributed by atoms with Gasteiger partial charge >= 0.3 is 0 Å². The van der Waals surface area contributed by atoms with Crippen LogP contribution in [0.1, 0.15) is 35.0 Å². The lowest BCUT2D eigenvalue weighted by Crippen LogP contribution is -2.48. The van der Waals surface area contributed by atoms with E-state index in [0.717, 1.165) is 6.54 Å². The molecule has 12 nitrogen and oxygen atoms in total. The summed E-state index contributed by atoms with van der Waals surface area (Å²) in [6, 6.07) is 7.20. The van der Waals surface area contributed by atoms with Gasteiger partial charge in [-0.05, 0) is 26.5 Å². The lowest BCUT2D eigenvalue weighted by molar-refractivity contribution is -0.136. The number of pyridine rings is 2. The molecule has 2 aliphatic heterocycles. The number of nitrogens with one attached hydrogen (secondary N) is 1. The molecule has 4 rings (SSSR count). The molecule has 2 aromatic rings. The first kappa shape index (κ1) is 26.3. The molecule has 12 heteroatoms. The number of carbonyl (C=O) groups excluding carboxylic acids is 2. The number of aldehydes is 1. The third kappa shape index (κ3) is 5.96. The Kier molecular flexibility index (Phi) is 7.58. The first-order chi connectivity index (χ1) is 17.6. The van der Waals surface area contributed by atoms with Gasteiger partial charge in [-0.2, -0.15) is 5.26 Å². The minimum atomic E-state index is -1.24. The lowest BCUT2D eigenvalue weighted by atomic mass is 10.1. The highest BCUT2D eigenvalue weighted by Gasteiger charge is 2.33. The van der Waals surface area contributed by atoms with Gasteiger partial charge in [-0.15, -0.1) is 0 Å². The fourth-order valence-electron chi connectivity index (χ4n) is 4.50. The highest BCUT2D eigenvalue weighted by Crippen LogP contribution is 2.30. The van der Waals surface area contributed by atoms with Crippen LogP contribution in [0.3, 0.4) is 0 Å². The smallest absolute Gasteiger partial charge is 0.237 e. The molecule has 0 saturated carbocycles. The van der Waals surface area contributed by atoms with Crippen LogP contribution >= 0.6 is 0 Å². The van der Waals surface area contributed by atoms with Crippen LogP contribution in [-0.2, 0) is 11.3 Å². The average molecular weight is 509 g/mol. The number of aliphatic hydroxyl groups is 2. The third-order valence-corrected chi connectivity index (χ3v) is 6.78. The highest BCUT2D eigenvalue weighted by atomic mass is 16.3. The molecule has 0 spiro atoms. The van der Waals surface area contributed by atoms with Crippen molar-refractivity contribution in [3.63, 3.8) is 0 Å². The Morgan fingerprint density at radius 2 is 2.14 bits per heavy atom. The first-order valence-corrected chi connectivity index (χ1v) is 12.1. The summed E-state index contributed by atoms with van der Waals surface area (Å²) in [5.41, 5.74) is 0.986. The second-order valence-electron chi connectivity index (χ2n) is 9.88. The van der Waals surface area contributed by atoms with E-state index in [0.29, 0.717) is 73.9 Å². The maximum Gasteiger partial charge on any atom is 0.237 e. The normalized spacial score (nSPS) is 21.0. The van der Waals surface area contributed by atoms with Crippen LogP contribution in [0, 0.1) is 11.3 Å². The largest absolute Gasteiger partial charge is 0.388 e. The second-order valence-corrected chi connectivity index (χ2v) is 9.88. The van der Waals surface area contributed by atoms with Gasteiger partial charge in [-0.25, -0.2) is 9.97 Å². The van der Waals surface area contributed by atoms with Crippen LogP contribution in [0.2, 0.25) is 0 Å². The van der Waals surface area contributed by atoms with E-state index in [9.17, 15) is 25.1 Å². The van der Waals surface area contributed by atoms with Gasteiger partial charge in [0.25, 0.3) is 0 Å². The highest BCUT2D eigenvalue weighted by molar-refractivity contribution is 5.80. The number of aliphatic hydroxyl groups excluding tert-OH is 1. The van der Waals surface area contributed by atoms with Crippen LogP contribution in [0.4, 0.5) is 17.3 Å². The van der Waals surface area contributed by atoms with Gasteiger partial charge in [0.2, 0.25) is 12.3 Å². The van der Waals surface area contributed by atoms with Crippen LogP contribution in [-0.4, -0.2) is 101 Å². The SMILES string of the molecule is CN1CCN(Cc2ccc(N(C)C(O)Nc3cc(N4CCC(C)(O)C4)c(C#N)cn3)nc2C=O)C(=O)C1. The predicted molar refractivity (Wildman–Crippen MR) is 137 cm³/mol. The quantitative estimate of drug-likeness (QED) is 0.332. The summed E-state index contributed by atoms with van der Waals surface area (Å²) in [5.74, 6) is 0.680. The van der Waals surface area contributed by atoms with E-state index in [1.54, 1.807) is 37.1 Å². The van der Waals surface area contributed by atoms with Crippen molar-refractivity contribution in [3.05, 3.63) is 41.2 Å². The number of anilines is 3. The Morgan fingerprint density at radius 3 is 2.78 bits per heavy atom. The van der Waals surface area contributed by atoms with Crippen LogP contribution in [0.25, 0.3) is 0 Å². The zero-order chi connectivity index (χ0) is 26.7. The number of β-amino-alcohol motifs (C(OH)–C–C–N with tert-alkyl or cyclic N) is 1. The molecule has 196 valence electrons. The van der Waals surface area contributed by atoms with E-state index in [-0.39, 0.29) is 11.6 Å². The molecule has 2 unspecified atom stereocenters. The van der Waals surface area contributed by atoms with Crippen molar-refractivity contribution < 1.29 is 19.8 Å². The van der Waals surface area contributed by atoms with E-state index >= 15 is 0 Å². The molecule has 37 heavy (non-hydrogen) atoms. The summed E-state index contributed by atoms with van der Waals surface area (Å²) in [4.78, 5) is 39.7. The van der Waals surface area contributed by atoms with Gasteiger partial charge in [0, 0.05) is 57.6 Å². The molecule has 2 aromatic heterocycles. The molecule has 0 aliphatic carbocycles. The summed E-state index contributed by atoms with van der Waals surface area (Å²) < 4.78 is 0. The van der Waals surface area contributed by atoms with Crippen molar-refractivity contribution >= 4 is 29.5 Å². The molecule has 4 heterocycles. The maximum atomic E-state index is 12.3. The van der Waals surface area contributed by atoms with E-state index in [1.807, 2.05) is 16.8 Å². The standard InChI is InChI=1S/C25H32N8O4/c1-25(37)6-7-33(16-25)20-10-21(27-12-18(20)11-26)29-24(36)31(3)22-5-4-17(19(15-34)28-22)13-32-9-8-30(2)14-23(32)35/h4-5,10,12,15,24,36-37H,6-9,13-14,16H2,1-3H3,(H,27,29). The summed E-state index contributed by atoms with van der Waals surface area (Å²) >= 11 is 0. The van der Waals surface area contributed by atoms with Crippen molar-refractivity contribution in [1.82, 2.24) is 19.8 Å². The number of hydrogen-bond acceptors (Lipinski definition) is 11. The fraction of sp³-hybridized carbons (Fsp3) is 0.480. The minimum absolute atomic E-state index is 0.00162. The topological polar surface area (TPSA) is 149 Å². The average Bonchev–Trinajstić information content (AvgIpc) is 3.24. The molecular weight excluding hydrogens is 476 g/mol. The number of nitriles is 1. The number of hydrogen-bond donors (Lipinski definition) is 3. The Hall–Kier alpha value is -3.79. The van der Waals surface area contributed by atoms with Gasteiger partial charge in [-0.3, -0.25) is 14.5 Å². The van der Waals surface area contributed by atoms with Crippen LogP contribution in [0.5, 0.6) is 0 Å². The third-order valence-electron chi connectivity index (χ3n) is 6.78. The fourth-order valence-corrected chi connectivity index (χ4v) is 4.50.